The minimum absolute atomic E-state index is 0.439. The van der Waals surface area contributed by atoms with Crippen LogP contribution in [0.1, 0.15) is 32.2 Å². The van der Waals surface area contributed by atoms with Crippen LogP contribution in [0.4, 0.5) is 0 Å². The van der Waals surface area contributed by atoms with Crippen LogP contribution in [0, 0.1) is 13.8 Å². The Hall–Kier alpha value is -2.94. The van der Waals surface area contributed by atoms with Crippen molar-refractivity contribution in [3.05, 3.63) is 71.2 Å². The van der Waals surface area contributed by atoms with E-state index in [2.05, 4.69) is 0 Å². The molecule has 0 saturated carbocycles. The number of furan rings is 1. The van der Waals surface area contributed by atoms with Crippen LogP contribution in [-0.2, 0) is 0 Å². The standard InChI is InChI=1S/C20H14O3/c1-11-9-17(12(2)23-11)13-7-8-15-14-5-3-4-6-16(14)19(21)20(22)18(15)10-13/h3-10H,1-2H3. The molecule has 2 aromatic carbocycles. The van der Waals surface area contributed by atoms with Crippen LogP contribution in [0.15, 0.2) is 52.9 Å². The van der Waals surface area contributed by atoms with Crippen LogP contribution in [0.5, 0.6) is 0 Å². The van der Waals surface area contributed by atoms with Gasteiger partial charge in [0.2, 0.25) is 11.6 Å². The highest BCUT2D eigenvalue weighted by atomic mass is 16.3. The lowest BCUT2D eigenvalue weighted by Gasteiger charge is -2.18. The Kier molecular flexibility index (Phi) is 2.85. The lowest BCUT2D eigenvalue weighted by atomic mass is 9.82. The number of benzene rings is 2. The van der Waals surface area contributed by atoms with Crippen molar-refractivity contribution in [3.8, 4) is 22.3 Å². The molecule has 0 aliphatic heterocycles. The van der Waals surface area contributed by atoms with Crippen LogP contribution in [0.25, 0.3) is 22.3 Å². The van der Waals surface area contributed by atoms with Gasteiger partial charge in [-0.3, -0.25) is 9.59 Å². The zero-order valence-electron chi connectivity index (χ0n) is 12.8. The summed E-state index contributed by atoms with van der Waals surface area (Å²) in [5, 5.41) is 0. The number of hydrogen-bond acceptors (Lipinski definition) is 3. The molecule has 3 nitrogen and oxygen atoms in total. The maximum Gasteiger partial charge on any atom is 0.234 e. The number of carbonyl (C=O) groups excluding carboxylic acids is 2. The molecule has 0 saturated heterocycles. The molecule has 0 bridgehead atoms. The van der Waals surface area contributed by atoms with E-state index in [9.17, 15) is 9.59 Å². The molecule has 1 heterocycles. The fraction of sp³-hybridized carbons (Fsp3) is 0.100. The predicted octanol–water partition coefficient (Wildman–Crippen LogP) is 4.61. The Balaban J connectivity index is 1.95. The Morgan fingerprint density at radius 3 is 2.04 bits per heavy atom. The van der Waals surface area contributed by atoms with Crippen molar-refractivity contribution in [2.75, 3.05) is 0 Å². The molecule has 112 valence electrons. The summed E-state index contributed by atoms with van der Waals surface area (Å²) in [5.74, 6) is 0.740. The molecule has 23 heavy (non-hydrogen) atoms. The van der Waals surface area contributed by atoms with Gasteiger partial charge in [0.25, 0.3) is 0 Å². The Bertz CT molecular complexity index is 976. The normalized spacial score (nSPS) is 13.0. The largest absolute Gasteiger partial charge is 0.466 e. The van der Waals surface area contributed by atoms with Gasteiger partial charge in [-0.1, -0.05) is 36.4 Å². The number of ketones is 2. The molecule has 3 aromatic rings. The van der Waals surface area contributed by atoms with E-state index in [1.807, 2.05) is 44.2 Å². The second kappa shape index (κ2) is 4.78. The molecule has 0 unspecified atom stereocenters. The van der Waals surface area contributed by atoms with E-state index < -0.39 is 11.6 Å². The third kappa shape index (κ3) is 1.97. The second-order valence-electron chi connectivity index (χ2n) is 5.79. The zero-order chi connectivity index (χ0) is 16.1. The summed E-state index contributed by atoms with van der Waals surface area (Å²) in [5.41, 5.74) is 4.41. The van der Waals surface area contributed by atoms with E-state index >= 15 is 0 Å². The highest BCUT2D eigenvalue weighted by Crippen LogP contribution is 2.36. The summed E-state index contributed by atoms with van der Waals surface area (Å²) in [6.45, 7) is 3.78. The van der Waals surface area contributed by atoms with Gasteiger partial charge in [-0.15, -0.1) is 0 Å². The smallest absolute Gasteiger partial charge is 0.234 e. The SMILES string of the molecule is Cc1cc(-c2ccc3c(c2)C(=O)C(=O)c2ccccc2-3)c(C)o1. The molecule has 0 radical (unpaired) electrons. The van der Waals surface area contributed by atoms with Gasteiger partial charge in [-0.2, -0.15) is 0 Å². The molecule has 1 aromatic heterocycles. The summed E-state index contributed by atoms with van der Waals surface area (Å²) in [6.07, 6.45) is 0. The van der Waals surface area contributed by atoms with Crippen LogP contribution in [0.2, 0.25) is 0 Å². The van der Waals surface area contributed by atoms with Crippen molar-refractivity contribution in [2.45, 2.75) is 13.8 Å². The Morgan fingerprint density at radius 2 is 1.35 bits per heavy atom. The van der Waals surface area contributed by atoms with Gasteiger partial charge in [0.15, 0.2) is 0 Å². The molecule has 0 amide bonds. The fourth-order valence-corrected chi connectivity index (χ4v) is 3.21. The number of hydrogen-bond donors (Lipinski definition) is 0. The van der Waals surface area contributed by atoms with Gasteiger partial charge in [0.05, 0.1) is 0 Å². The molecule has 0 spiro atoms. The highest BCUT2D eigenvalue weighted by molar-refractivity contribution is 6.53. The topological polar surface area (TPSA) is 47.3 Å². The predicted molar refractivity (Wildman–Crippen MR) is 87.7 cm³/mol. The third-order valence-corrected chi connectivity index (χ3v) is 4.28. The number of Topliss-reactive ketones (excluding diaryl/α,β-unsaturated/α-hetero) is 2. The zero-order valence-corrected chi connectivity index (χ0v) is 12.8. The van der Waals surface area contributed by atoms with Gasteiger partial charge in [-0.25, -0.2) is 0 Å². The van der Waals surface area contributed by atoms with Gasteiger partial charge >= 0.3 is 0 Å². The summed E-state index contributed by atoms with van der Waals surface area (Å²) in [6, 6.07) is 14.9. The molecule has 4 rings (SSSR count). The molecule has 1 aliphatic rings. The summed E-state index contributed by atoms with van der Waals surface area (Å²) < 4.78 is 5.57. The molecular weight excluding hydrogens is 288 g/mol. The second-order valence-corrected chi connectivity index (χ2v) is 5.79. The number of aryl methyl sites for hydroxylation is 2. The summed E-state index contributed by atoms with van der Waals surface area (Å²) >= 11 is 0. The maximum atomic E-state index is 12.5. The number of fused-ring (bicyclic) bond motifs is 3. The van der Waals surface area contributed by atoms with E-state index in [-0.39, 0.29) is 0 Å². The van der Waals surface area contributed by atoms with Crippen molar-refractivity contribution >= 4 is 11.6 Å². The van der Waals surface area contributed by atoms with Gasteiger partial charge < -0.3 is 4.42 Å². The minimum atomic E-state index is -0.446. The van der Waals surface area contributed by atoms with Crippen LogP contribution in [-0.4, -0.2) is 11.6 Å². The monoisotopic (exact) mass is 302 g/mol. The quantitative estimate of drug-likeness (QED) is 0.617. The summed E-state index contributed by atoms with van der Waals surface area (Å²) in [4.78, 5) is 24.8. The first-order chi connectivity index (χ1) is 11.1. The van der Waals surface area contributed by atoms with Crippen molar-refractivity contribution in [3.63, 3.8) is 0 Å². The first-order valence-electron chi connectivity index (χ1n) is 7.46. The van der Waals surface area contributed by atoms with E-state index in [1.54, 1.807) is 18.2 Å². The van der Waals surface area contributed by atoms with E-state index in [4.69, 9.17) is 4.42 Å². The minimum Gasteiger partial charge on any atom is -0.466 e. The first-order valence-corrected chi connectivity index (χ1v) is 7.46. The van der Waals surface area contributed by atoms with E-state index in [0.29, 0.717) is 11.1 Å². The van der Waals surface area contributed by atoms with Gasteiger partial charge in [0, 0.05) is 16.7 Å². The fourth-order valence-electron chi connectivity index (χ4n) is 3.21. The molecule has 0 fully saturated rings. The Labute approximate surface area is 133 Å². The van der Waals surface area contributed by atoms with Crippen molar-refractivity contribution in [1.82, 2.24) is 0 Å². The Morgan fingerprint density at radius 1 is 0.696 bits per heavy atom. The average Bonchev–Trinajstić information content (AvgIpc) is 2.90. The van der Waals surface area contributed by atoms with Gasteiger partial charge in [-0.05, 0) is 42.7 Å². The molecular formula is C20H14O3. The maximum absolute atomic E-state index is 12.5. The lowest BCUT2D eigenvalue weighted by Crippen LogP contribution is -2.21. The van der Waals surface area contributed by atoms with Crippen molar-refractivity contribution < 1.29 is 14.0 Å². The van der Waals surface area contributed by atoms with E-state index in [1.165, 1.54) is 0 Å². The molecule has 3 heteroatoms. The lowest BCUT2D eigenvalue weighted by molar-refractivity contribution is 0.0815. The highest BCUT2D eigenvalue weighted by Gasteiger charge is 2.30. The molecule has 0 atom stereocenters. The van der Waals surface area contributed by atoms with Crippen LogP contribution < -0.4 is 0 Å². The van der Waals surface area contributed by atoms with Crippen LogP contribution >= 0.6 is 0 Å². The number of carbonyl (C=O) groups is 2. The molecule has 1 aliphatic carbocycles. The van der Waals surface area contributed by atoms with Gasteiger partial charge in [0.1, 0.15) is 11.5 Å². The average molecular weight is 302 g/mol. The van der Waals surface area contributed by atoms with Crippen molar-refractivity contribution in [1.29, 1.82) is 0 Å². The third-order valence-electron chi connectivity index (χ3n) is 4.28. The van der Waals surface area contributed by atoms with Crippen LogP contribution in [0.3, 0.4) is 0 Å². The summed E-state index contributed by atoms with van der Waals surface area (Å²) in [7, 11) is 0. The van der Waals surface area contributed by atoms with Crippen molar-refractivity contribution in [2.24, 2.45) is 0 Å². The first kappa shape index (κ1) is 13.7. The number of rotatable bonds is 1. The van der Waals surface area contributed by atoms with E-state index in [0.717, 1.165) is 33.8 Å². The molecule has 0 N–H and O–H groups in total.